The molecular formula is C17H15IN2O7. The Morgan fingerprint density at radius 3 is 2.70 bits per heavy atom. The largest absolute Gasteiger partial charge is 0.490 e. The van der Waals surface area contributed by atoms with Gasteiger partial charge in [-0.2, -0.15) is 0 Å². The van der Waals surface area contributed by atoms with E-state index < -0.39 is 23.4 Å². The van der Waals surface area contributed by atoms with Gasteiger partial charge in [-0.05, 0) is 53.3 Å². The molecule has 0 aliphatic carbocycles. The summed E-state index contributed by atoms with van der Waals surface area (Å²) in [5.74, 6) is -0.818. The van der Waals surface area contributed by atoms with E-state index in [-0.39, 0.29) is 11.4 Å². The molecule has 142 valence electrons. The third-order valence-corrected chi connectivity index (χ3v) is 3.90. The second-order valence-corrected chi connectivity index (χ2v) is 6.29. The minimum Gasteiger partial charge on any atom is -0.490 e. The van der Waals surface area contributed by atoms with Gasteiger partial charge in [-0.1, -0.05) is 0 Å². The van der Waals surface area contributed by atoms with Gasteiger partial charge in [0.25, 0.3) is 5.91 Å². The number of nitro benzene ring substituents is 1. The molecule has 0 spiro atoms. The van der Waals surface area contributed by atoms with Gasteiger partial charge in [0.2, 0.25) is 0 Å². The topological polar surface area (TPSA) is 121 Å². The molecule has 0 bridgehead atoms. The van der Waals surface area contributed by atoms with E-state index >= 15 is 0 Å². The summed E-state index contributed by atoms with van der Waals surface area (Å²) < 4.78 is 15.7. The highest BCUT2D eigenvalue weighted by atomic mass is 127. The van der Waals surface area contributed by atoms with Crippen molar-refractivity contribution in [2.45, 2.75) is 6.92 Å². The molecule has 1 aromatic carbocycles. The number of amides is 1. The molecule has 0 unspecified atom stereocenters. The number of rotatable bonds is 7. The number of carbonyl (C=O) groups is 2. The first-order valence-corrected chi connectivity index (χ1v) is 8.61. The molecule has 0 aliphatic heterocycles. The molecule has 0 saturated heterocycles. The van der Waals surface area contributed by atoms with Gasteiger partial charge in [0.15, 0.2) is 16.1 Å². The number of ether oxygens (including phenoxy) is 2. The summed E-state index contributed by atoms with van der Waals surface area (Å²) in [5.41, 5.74) is 0.575. The van der Waals surface area contributed by atoms with Crippen LogP contribution in [-0.2, 0) is 14.3 Å². The van der Waals surface area contributed by atoms with Crippen LogP contribution in [0.3, 0.4) is 0 Å². The Hall–Kier alpha value is -2.89. The molecule has 1 heterocycles. The molecule has 2 rings (SSSR count). The predicted molar refractivity (Wildman–Crippen MR) is 104 cm³/mol. The molecule has 0 saturated carbocycles. The summed E-state index contributed by atoms with van der Waals surface area (Å²) in [6.07, 6.45) is 2.57. The van der Waals surface area contributed by atoms with Crippen molar-refractivity contribution in [1.82, 2.24) is 0 Å². The van der Waals surface area contributed by atoms with Gasteiger partial charge in [0.1, 0.15) is 5.76 Å². The highest BCUT2D eigenvalue weighted by molar-refractivity contribution is 14.1. The first-order chi connectivity index (χ1) is 12.8. The molecular weight excluding hydrogens is 471 g/mol. The van der Waals surface area contributed by atoms with Crippen LogP contribution in [-0.4, -0.2) is 30.5 Å². The van der Waals surface area contributed by atoms with E-state index in [0.29, 0.717) is 20.8 Å². The van der Waals surface area contributed by atoms with Crippen molar-refractivity contribution < 1.29 is 28.4 Å². The maximum Gasteiger partial charge on any atom is 0.331 e. The number of nitrogens with one attached hydrogen (secondary N) is 1. The first-order valence-electron chi connectivity index (χ1n) is 7.53. The highest BCUT2D eigenvalue weighted by Gasteiger charge is 2.18. The van der Waals surface area contributed by atoms with E-state index in [9.17, 15) is 19.7 Å². The average molecular weight is 486 g/mol. The molecule has 0 atom stereocenters. The fourth-order valence-electron chi connectivity index (χ4n) is 2.05. The Labute approximate surface area is 167 Å². The lowest BCUT2D eigenvalue weighted by Crippen LogP contribution is -2.20. The Bertz CT molecular complexity index is 905. The van der Waals surface area contributed by atoms with Gasteiger partial charge in [0, 0.05) is 23.9 Å². The van der Waals surface area contributed by atoms with E-state index in [4.69, 9.17) is 13.9 Å². The number of hydrogen-bond donors (Lipinski definition) is 1. The fraction of sp³-hybridized carbons (Fsp3) is 0.176. The number of nitro groups is 1. The van der Waals surface area contributed by atoms with Gasteiger partial charge in [0.05, 0.1) is 12.0 Å². The van der Waals surface area contributed by atoms with Crippen LogP contribution in [0.1, 0.15) is 11.3 Å². The van der Waals surface area contributed by atoms with Gasteiger partial charge < -0.3 is 19.2 Å². The SMILES string of the molecule is COc1cc(NC(=O)COC(=O)/C=C/c2ccc(I)o2)c(C)cc1[N+](=O)[O-]. The standard InChI is InChI=1S/C17H15IN2O7/c1-10-7-13(20(23)24)14(25-2)8-12(10)19-16(21)9-26-17(22)6-4-11-3-5-15(18)27-11/h3-8H,9H2,1-2H3,(H,19,21)/b6-4+. The zero-order valence-electron chi connectivity index (χ0n) is 14.4. The van der Waals surface area contributed by atoms with Crippen molar-refractivity contribution >= 4 is 51.9 Å². The van der Waals surface area contributed by atoms with Crippen molar-refractivity contribution in [2.75, 3.05) is 19.0 Å². The van der Waals surface area contributed by atoms with Crippen molar-refractivity contribution in [2.24, 2.45) is 0 Å². The molecule has 1 N–H and O–H groups in total. The second kappa shape index (κ2) is 9.16. The van der Waals surface area contributed by atoms with Crippen LogP contribution in [0.5, 0.6) is 5.75 Å². The first kappa shape index (κ1) is 20.4. The summed E-state index contributed by atoms with van der Waals surface area (Å²) in [7, 11) is 1.29. The van der Waals surface area contributed by atoms with Crippen LogP contribution in [0.15, 0.2) is 34.8 Å². The summed E-state index contributed by atoms with van der Waals surface area (Å²) in [4.78, 5) is 34.0. The lowest BCUT2D eigenvalue weighted by molar-refractivity contribution is -0.385. The number of aryl methyl sites for hydroxylation is 1. The number of carbonyl (C=O) groups excluding carboxylic acids is 2. The molecule has 0 fully saturated rings. The third kappa shape index (κ3) is 5.81. The number of methoxy groups -OCH3 is 1. The zero-order valence-corrected chi connectivity index (χ0v) is 16.5. The summed E-state index contributed by atoms with van der Waals surface area (Å²) >= 11 is 1.99. The van der Waals surface area contributed by atoms with E-state index in [1.165, 1.54) is 25.3 Å². The molecule has 10 heteroatoms. The number of halogens is 1. The third-order valence-electron chi connectivity index (χ3n) is 3.32. The number of nitrogens with zero attached hydrogens (tertiary/aromatic N) is 1. The van der Waals surface area contributed by atoms with Crippen LogP contribution in [0.2, 0.25) is 0 Å². The van der Waals surface area contributed by atoms with Crippen molar-refractivity contribution in [1.29, 1.82) is 0 Å². The van der Waals surface area contributed by atoms with E-state index in [1.807, 2.05) is 22.6 Å². The zero-order chi connectivity index (χ0) is 20.0. The van der Waals surface area contributed by atoms with Gasteiger partial charge in [-0.25, -0.2) is 4.79 Å². The number of esters is 1. The Balaban J connectivity index is 1.94. The van der Waals surface area contributed by atoms with E-state index in [0.717, 1.165) is 6.08 Å². The van der Waals surface area contributed by atoms with Crippen LogP contribution < -0.4 is 10.1 Å². The number of furan rings is 1. The van der Waals surface area contributed by atoms with Crippen LogP contribution in [0.4, 0.5) is 11.4 Å². The van der Waals surface area contributed by atoms with Gasteiger partial charge in [-0.15, -0.1) is 0 Å². The van der Waals surface area contributed by atoms with Crippen molar-refractivity contribution in [3.05, 3.63) is 55.5 Å². The van der Waals surface area contributed by atoms with Gasteiger partial charge >= 0.3 is 11.7 Å². The maximum atomic E-state index is 12.0. The molecule has 27 heavy (non-hydrogen) atoms. The Kier molecular flexibility index (Phi) is 6.93. The summed E-state index contributed by atoms with van der Waals surface area (Å²) in [6, 6.07) is 6.04. The molecule has 0 aliphatic rings. The predicted octanol–water partition coefficient (Wildman–Crippen LogP) is 3.30. The van der Waals surface area contributed by atoms with E-state index in [1.54, 1.807) is 19.1 Å². The monoisotopic (exact) mass is 486 g/mol. The summed E-state index contributed by atoms with van der Waals surface area (Å²) in [6.45, 7) is 1.08. The Morgan fingerprint density at radius 1 is 1.37 bits per heavy atom. The van der Waals surface area contributed by atoms with Crippen molar-refractivity contribution in [3.63, 3.8) is 0 Å². The normalized spacial score (nSPS) is 10.6. The number of hydrogen-bond acceptors (Lipinski definition) is 7. The lowest BCUT2D eigenvalue weighted by Gasteiger charge is -2.10. The lowest BCUT2D eigenvalue weighted by atomic mass is 10.1. The highest BCUT2D eigenvalue weighted by Crippen LogP contribution is 2.32. The smallest absolute Gasteiger partial charge is 0.331 e. The molecule has 1 amide bonds. The summed E-state index contributed by atoms with van der Waals surface area (Å²) in [5, 5.41) is 13.5. The minimum atomic E-state index is -0.713. The van der Waals surface area contributed by atoms with Gasteiger partial charge in [-0.3, -0.25) is 14.9 Å². The maximum absolute atomic E-state index is 12.0. The quantitative estimate of drug-likeness (QED) is 0.210. The van der Waals surface area contributed by atoms with Crippen LogP contribution in [0.25, 0.3) is 6.08 Å². The van der Waals surface area contributed by atoms with Crippen molar-refractivity contribution in [3.8, 4) is 5.75 Å². The second-order valence-electron chi connectivity index (χ2n) is 5.23. The number of anilines is 1. The van der Waals surface area contributed by atoms with E-state index in [2.05, 4.69) is 5.32 Å². The fourth-order valence-corrected chi connectivity index (χ4v) is 2.49. The number of benzene rings is 1. The van der Waals surface area contributed by atoms with Crippen LogP contribution >= 0.6 is 22.6 Å². The molecule has 9 nitrogen and oxygen atoms in total. The molecule has 1 aromatic heterocycles. The molecule has 0 radical (unpaired) electrons. The Morgan fingerprint density at radius 2 is 2.11 bits per heavy atom. The minimum absolute atomic E-state index is 0.00825. The molecule has 2 aromatic rings. The average Bonchev–Trinajstić information content (AvgIpc) is 3.04. The van der Waals surface area contributed by atoms with Crippen LogP contribution in [0, 0.1) is 20.8 Å².